The highest BCUT2D eigenvalue weighted by Crippen LogP contribution is 2.32. The fraction of sp³-hybridized carbons (Fsp3) is 0.429. The molecule has 1 aromatic heterocycles. The van der Waals surface area contributed by atoms with Gasteiger partial charge in [-0.1, -0.05) is 18.7 Å². The highest BCUT2D eigenvalue weighted by atomic mass is 19.4. The van der Waals surface area contributed by atoms with E-state index in [0.717, 1.165) is 12.1 Å². The first-order valence-corrected chi connectivity index (χ1v) is 9.92. The fourth-order valence-electron chi connectivity index (χ4n) is 3.15. The lowest BCUT2D eigenvalue weighted by Gasteiger charge is -2.34. The number of ether oxygens (including phenoxy) is 2. The number of halogens is 6. The standard InChI is InChI=1S/C21H21F6N3O3/c1-13(29-19(31)11-32-16-8-17(9-16)33-21(25,26)27)6-7-30-10-18(28-12-30)14-2-4-15(5-3-14)20(22,23)24/h2-5,10,12,16-17H,1,6-9,11H2,(H,29,31)/t16-,17+. The van der Waals surface area contributed by atoms with E-state index >= 15 is 0 Å². The van der Waals surface area contributed by atoms with Crippen LogP contribution in [0.5, 0.6) is 0 Å². The van der Waals surface area contributed by atoms with Gasteiger partial charge in [0.05, 0.1) is 29.8 Å². The zero-order valence-electron chi connectivity index (χ0n) is 17.2. The molecule has 2 aromatic rings. The lowest BCUT2D eigenvalue weighted by molar-refractivity contribution is -0.357. The van der Waals surface area contributed by atoms with Crippen LogP contribution in [-0.4, -0.2) is 40.6 Å². The molecule has 1 N–H and O–H groups in total. The van der Waals surface area contributed by atoms with Gasteiger partial charge in [0.1, 0.15) is 6.61 Å². The minimum atomic E-state index is -4.68. The number of rotatable bonds is 9. The van der Waals surface area contributed by atoms with Crippen LogP contribution in [0.1, 0.15) is 24.8 Å². The molecule has 1 heterocycles. The Morgan fingerprint density at radius 1 is 1.12 bits per heavy atom. The third-order valence-corrected chi connectivity index (χ3v) is 4.93. The second kappa shape index (κ2) is 9.96. The number of nitrogens with one attached hydrogen (secondary N) is 1. The molecule has 0 saturated heterocycles. The van der Waals surface area contributed by atoms with Crippen molar-refractivity contribution in [1.82, 2.24) is 14.9 Å². The quantitative estimate of drug-likeness (QED) is 0.533. The molecule has 1 aliphatic rings. The number of benzene rings is 1. The molecule has 1 aromatic carbocycles. The minimum absolute atomic E-state index is 0.0651. The van der Waals surface area contributed by atoms with Crippen LogP contribution in [-0.2, 0) is 27.0 Å². The molecular formula is C21H21F6N3O3. The zero-order chi connectivity index (χ0) is 24.2. The van der Waals surface area contributed by atoms with Crippen molar-refractivity contribution in [1.29, 1.82) is 0 Å². The molecule has 12 heteroatoms. The van der Waals surface area contributed by atoms with Crippen molar-refractivity contribution in [3.05, 3.63) is 54.6 Å². The van der Waals surface area contributed by atoms with E-state index in [4.69, 9.17) is 4.74 Å². The van der Waals surface area contributed by atoms with Crippen LogP contribution in [0.2, 0.25) is 0 Å². The molecule has 0 aliphatic heterocycles. The normalized spacial score (nSPS) is 18.6. The Kier molecular flexibility index (Phi) is 7.48. The minimum Gasteiger partial charge on any atom is -0.368 e. The fourth-order valence-corrected chi connectivity index (χ4v) is 3.15. The highest BCUT2D eigenvalue weighted by molar-refractivity contribution is 5.78. The van der Waals surface area contributed by atoms with Gasteiger partial charge < -0.3 is 14.6 Å². The maximum Gasteiger partial charge on any atom is 0.522 e. The van der Waals surface area contributed by atoms with Gasteiger partial charge in [0.25, 0.3) is 0 Å². The number of hydrogen-bond acceptors (Lipinski definition) is 4. The van der Waals surface area contributed by atoms with E-state index in [1.807, 2.05) is 0 Å². The number of carbonyl (C=O) groups excluding carboxylic acids is 1. The van der Waals surface area contributed by atoms with Gasteiger partial charge in [0, 0.05) is 43.3 Å². The number of aromatic nitrogens is 2. The second-order valence-electron chi connectivity index (χ2n) is 7.56. The number of amides is 1. The molecule has 1 saturated carbocycles. The Balaban J connectivity index is 1.36. The van der Waals surface area contributed by atoms with Crippen molar-refractivity contribution in [2.75, 3.05) is 6.61 Å². The molecule has 1 aliphatic carbocycles. The number of hydrogen-bond donors (Lipinski definition) is 1. The first-order valence-electron chi connectivity index (χ1n) is 9.92. The smallest absolute Gasteiger partial charge is 0.368 e. The van der Waals surface area contributed by atoms with Gasteiger partial charge in [0.2, 0.25) is 5.91 Å². The Morgan fingerprint density at radius 3 is 2.39 bits per heavy atom. The molecule has 1 amide bonds. The maximum atomic E-state index is 12.7. The second-order valence-corrected chi connectivity index (χ2v) is 7.56. The Labute approximate surface area is 185 Å². The SMILES string of the molecule is C=C(CCn1cnc(-c2ccc(C(F)(F)F)cc2)c1)NC(=O)CO[C@H]1C[C@@H](OC(F)(F)F)C1. The van der Waals surface area contributed by atoms with Crippen LogP contribution in [0.3, 0.4) is 0 Å². The van der Waals surface area contributed by atoms with Crippen LogP contribution >= 0.6 is 0 Å². The zero-order valence-corrected chi connectivity index (χ0v) is 17.2. The van der Waals surface area contributed by atoms with Gasteiger partial charge in [-0.2, -0.15) is 13.2 Å². The summed E-state index contributed by atoms with van der Waals surface area (Å²) in [5.74, 6) is -0.476. The number of imidazole rings is 1. The van der Waals surface area contributed by atoms with Gasteiger partial charge in [-0.3, -0.25) is 9.53 Å². The van der Waals surface area contributed by atoms with E-state index in [2.05, 4.69) is 21.6 Å². The molecule has 1 fully saturated rings. The average Bonchev–Trinajstić information content (AvgIpc) is 3.15. The Hall–Kier alpha value is -2.86. The topological polar surface area (TPSA) is 65.4 Å². The van der Waals surface area contributed by atoms with E-state index in [9.17, 15) is 31.1 Å². The number of nitrogens with zero attached hydrogens (tertiary/aromatic N) is 2. The van der Waals surface area contributed by atoms with Crippen LogP contribution in [0.25, 0.3) is 11.3 Å². The third-order valence-electron chi connectivity index (χ3n) is 4.93. The van der Waals surface area contributed by atoms with Crippen molar-refractivity contribution in [2.24, 2.45) is 0 Å². The summed E-state index contributed by atoms with van der Waals surface area (Å²) in [6.07, 6.45) is -6.83. The van der Waals surface area contributed by atoms with E-state index in [-0.39, 0.29) is 19.4 Å². The molecule has 0 radical (unpaired) electrons. The summed E-state index contributed by atoms with van der Waals surface area (Å²) in [5, 5.41) is 2.55. The van der Waals surface area contributed by atoms with Crippen LogP contribution in [0.4, 0.5) is 26.3 Å². The van der Waals surface area contributed by atoms with Crippen molar-refractivity contribution >= 4 is 5.91 Å². The third kappa shape index (κ3) is 7.60. The monoisotopic (exact) mass is 477 g/mol. The maximum absolute atomic E-state index is 12.7. The number of allylic oxidation sites excluding steroid dienone is 1. The molecular weight excluding hydrogens is 456 g/mol. The van der Waals surface area contributed by atoms with Crippen LogP contribution in [0.15, 0.2) is 49.1 Å². The van der Waals surface area contributed by atoms with E-state index in [1.165, 1.54) is 18.5 Å². The molecule has 3 rings (SSSR count). The molecule has 6 nitrogen and oxygen atoms in total. The van der Waals surface area contributed by atoms with Gasteiger partial charge in [0.15, 0.2) is 0 Å². The summed E-state index contributed by atoms with van der Waals surface area (Å²) >= 11 is 0. The first kappa shape index (κ1) is 24.8. The molecule has 180 valence electrons. The predicted molar refractivity (Wildman–Crippen MR) is 104 cm³/mol. The lowest BCUT2D eigenvalue weighted by atomic mass is 9.92. The van der Waals surface area contributed by atoms with Gasteiger partial charge in [-0.25, -0.2) is 4.98 Å². The molecule has 0 spiro atoms. The van der Waals surface area contributed by atoms with Crippen molar-refractivity contribution in [2.45, 2.75) is 50.6 Å². The summed E-state index contributed by atoms with van der Waals surface area (Å²) in [7, 11) is 0. The average molecular weight is 477 g/mol. The lowest BCUT2D eigenvalue weighted by Crippen LogP contribution is -2.42. The van der Waals surface area contributed by atoms with Gasteiger partial charge >= 0.3 is 12.5 Å². The van der Waals surface area contributed by atoms with Crippen molar-refractivity contribution in [3.63, 3.8) is 0 Å². The predicted octanol–water partition coefficient (Wildman–Crippen LogP) is 4.67. The van der Waals surface area contributed by atoms with Gasteiger partial charge in [-0.05, 0) is 12.1 Å². The number of aryl methyl sites for hydroxylation is 1. The summed E-state index contributed by atoms with van der Waals surface area (Å²) in [4.78, 5) is 16.1. The molecule has 0 bridgehead atoms. The van der Waals surface area contributed by atoms with Crippen LogP contribution in [0, 0.1) is 0 Å². The summed E-state index contributed by atoms with van der Waals surface area (Å²) in [6, 6.07) is 4.66. The summed E-state index contributed by atoms with van der Waals surface area (Å²) in [5.41, 5.74) is 0.693. The van der Waals surface area contributed by atoms with E-state index in [1.54, 1.807) is 10.8 Å². The highest BCUT2D eigenvalue weighted by Gasteiger charge is 2.40. The van der Waals surface area contributed by atoms with Crippen LogP contribution < -0.4 is 5.32 Å². The Bertz CT molecular complexity index is 963. The Morgan fingerprint density at radius 2 is 1.79 bits per heavy atom. The van der Waals surface area contributed by atoms with Crippen molar-refractivity contribution < 1.29 is 40.6 Å². The summed E-state index contributed by atoms with van der Waals surface area (Å²) < 4.78 is 85.0. The first-order chi connectivity index (χ1) is 15.4. The van der Waals surface area contributed by atoms with Gasteiger partial charge in [-0.15, -0.1) is 13.2 Å². The number of alkyl halides is 6. The largest absolute Gasteiger partial charge is 0.522 e. The number of carbonyl (C=O) groups is 1. The molecule has 33 heavy (non-hydrogen) atoms. The molecule has 0 unspecified atom stereocenters. The van der Waals surface area contributed by atoms with Crippen molar-refractivity contribution in [3.8, 4) is 11.3 Å². The summed E-state index contributed by atoms with van der Waals surface area (Å²) in [6.45, 7) is 3.84. The molecule has 0 atom stereocenters. The van der Waals surface area contributed by atoms with E-state index < -0.39 is 36.2 Å². The van der Waals surface area contributed by atoms with E-state index in [0.29, 0.717) is 29.9 Å².